The third-order valence-corrected chi connectivity index (χ3v) is 4.08. The Morgan fingerprint density at radius 1 is 1.25 bits per heavy atom. The van der Waals surface area contributed by atoms with Gasteiger partial charge >= 0.3 is 0 Å². The van der Waals surface area contributed by atoms with Gasteiger partial charge < -0.3 is 10.2 Å². The summed E-state index contributed by atoms with van der Waals surface area (Å²) in [4.78, 5) is 14.3. The maximum absolute atomic E-state index is 13.6. The standard InChI is InChI=1S/C15H20BrFN2O/c16-12-5-6-14(17)13(11-12)15(20)18-7-10-19-8-3-1-2-4-9-19/h5-6,11H,1-4,7-10H2,(H,18,20). The zero-order valence-electron chi connectivity index (χ0n) is 11.5. The number of rotatable bonds is 4. The lowest BCUT2D eigenvalue weighted by Crippen LogP contribution is -2.35. The fourth-order valence-corrected chi connectivity index (χ4v) is 2.82. The quantitative estimate of drug-likeness (QED) is 0.911. The molecule has 1 aromatic carbocycles. The molecule has 0 bridgehead atoms. The second-order valence-corrected chi connectivity index (χ2v) is 6.05. The number of hydrogen-bond donors (Lipinski definition) is 1. The molecule has 0 spiro atoms. The van der Waals surface area contributed by atoms with Gasteiger partial charge in [0, 0.05) is 17.6 Å². The van der Waals surface area contributed by atoms with Gasteiger partial charge in [-0.25, -0.2) is 4.39 Å². The number of hydrogen-bond acceptors (Lipinski definition) is 2. The van der Waals surface area contributed by atoms with Crippen LogP contribution in [0.15, 0.2) is 22.7 Å². The summed E-state index contributed by atoms with van der Waals surface area (Å²) in [5.41, 5.74) is 0.0928. The van der Waals surface area contributed by atoms with E-state index in [0.29, 0.717) is 11.0 Å². The normalized spacial score (nSPS) is 16.7. The van der Waals surface area contributed by atoms with Crippen molar-refractivity contribution in [3.8, 4) is 0 Å². The zero-order valence-corrected chi connectivity index (χ0v) is 13.1. The van der Waals surface area contributed by atoms with Crippen LogP contribution in [0, 0.1) is 5.82 Å². The highest BCUT2D eigenvalue weighted by atomic mass is 79.9. The molecule has 0 aromatic heterocycles. The van der Waals surface area contributed by atoms with Gasteiger partial charge in [0.15, 0.2) is 0 Å². The maximum Gasteiger partial charge on any atom is 0.254 e. The first kappa shape index (κ1) is 15.4. The van der Waals surface area contributed by atoms with E-state index in [2.05, 4.69) is 26.1 Å². The topological polar surface area (TPSA) is 32.3 Å². The summed E-state index contributed by atoms with van der Waals surface area (Å²) in [6.07, 6.45) is 5.06. The molecule has 1 aliphatic heterocycles. The minimum Gasteiger partial charge on any atom is -0.351 e. The van der Waals surface area contributed by atoms with E-state index in [9.17, 15) is 9.18 Å². The fourth-order valence-electron chi connectivity index (χ4n) is 2.45. The molecule has 2 rings (SSSR count). The van der Waals surface area contributed by atoms with E-state index >= 15 is 0 Å². The number of nitrogens with zero attached hydrogens (tertiary/aromatic N) is 1. The van der Waals surface area contributed by atoms with E-state index in [1.54, 1.807) is 6.07 Å². The van der Waals surface area contributed by atoms with E-state index in [1.807, 2.05) is 0 Å². The van der Waals surface area contributed by atoms with Gasteiger partial charge in [-0.1, -0.05) is 28.8 Å². The Bertz CT molecular complexity index is 459. The van der Waals surface area contributed by atoms with Crippen LogP contribution in [0.5, 0.6) is 0 Å². The largest absolute Gasteiger partial charge is 0.351 e. The van der Waals surface area contributed by atoms with Crippen molar-refractivity contribution in [1.82, 2.24) is 10.2 Å². The van der Waals surface area contributed by atoms with E-state index in [1.165, 1.54) is 37.8 Å². The van der Waals surface area contributed by atoms with Crippen molar-refractivity contribution in [2.24, 2.45) is 0 Å². The predicted molar refractivity (Wildman–Crippen MR) is 81.3 cm³/mol. The SMILES string of the molecule is O=C(NCCN1CCCCCC1)c1cc(Br)ccc1F. The molecule has 3 nitrogen and oxygen atoms in total. The molecular formula is C15H20BrFN2O. The molecule has 0 saturated carbocycles. The Hall–Kier alpha value is -0.940. The lowest BCUT2D eigenvalue weighted by atomic mass is 10.2. The van der Waals surface area contributed by atoms with Crippen LogP contribution in [0.2, 0.25) is 0 Å². The molecule has 0 unspecified atom stereocenters. The minimum absolute atomic E-state index is 0.0928. The highest BCUT2D eigenvalue weighted by Gasteiger charge is 2.13. The van der Waals surface area contributed by atoms with Crippen molar-refractivity contribution in [3.05, 3.63) is 34.1 Å². The van der Waals surface area contributed by atoms with Crippen molar-refractivity contribution in [1.29, 1.82) is 0 Å². The number of benzene rings is 1. The van der Waals surface area contributed by atoms with Gasteiger partial charge in [-0.2, -0.15) is 0 Å². The molecule has 1 amide bonds. The highest BCUT2D eigenvalue weighted by Crippen LogP contribution is 2.15. The number of carbonyl (C=O) groups excluding carboxylic acids is 1. The maximum atomic E-state index is 13.6. The molecular weight excluding hydrogens is 323 g/mol. The molecule has 0 atom stereocenters. The van der Waals surface area contributed by atoms with Crippen molar-refractivity contribution >= 4 is 21.8 Å². The van der Waals surface area contributed by atoms with Gasteiger partial charge in [-0.3, -0.25) is 4.79 Å². The average molecular weight is 343 g/mol. The third-order valence-electron chi connectivity index (χ3n) is 3.59. The molecule has 0 aliphatic carbocycles. The van der Waals surface area contributed by atoms with E-state index < -0.39 is 5.82 Å². The number of nitrogens with one attached hydrogen (secondary N) is 1. The lowest BCUT2D eigenvalue weighted by molar-refractivity contribution is 0.0944. The number of carbonyl (C=O) groups is 1. The highest BCUT2D eigenvalue weighted by molar-refractivity contribution is 9.10. The fraction of sp³-hybridized carbons (Fsp3) is 0.533. The Morgan fingerprint density at radius 2 is 1.95 bits per heavy atom. The van der Waals surface area contributed by atoms with E-state index in [4.69, 9.17) is 0 Å². The van der Waals surface area contributed by atoms with Gasteiger partial charge in [0.25, 0.3) is 5.91 Å². The van der Waals surface area contributed by atoms with Crippen LogP contribution in [0.25, 0.3) is 0 Å². The van der Waals surface area contributed by atoms with Gasteiger partial charge in [0.05, 0.1) is 5.56 Å². The first-order valence-electron chi connectivity index (χ1n) is 7.12. The van der Waals surface area contributed by atoms with Crippen LogP contribution >= 0.6 is 15.9 Å². The smallest absolute Gasteiger partial charge is 0.254 e. The molecule has 1 aromatic rings. The second-order valence-electron chi connectivity index (χ2n) is 5.14. The van der Waals surface area contributed by atoms with Crippen LogP contribution in [0.1, 0.15) is 36.0 Å². The third kappa shape index (κ3) is 4.56. The summed E-state index contributed by atoms with van der Waals surface area (Å²) in [5.74, 6) is -0.834. The first-order valence-corrected chi connectivity index (χ1v) is 7.92. The minimum atomic E-state index is -0.486. The van der Waals surface area contributed by atoms with Crippen molar-refractivity contribution in [2.45, 2.75) is 25.7 Å². The molecule has 0 radical (unpaired) electrons. The van der Waals surface area contributed by atoms with E-state index in [-0.39, 0.29) is 11.5 Å². The van der Waals surface area contributed by atoms with Gasteiger partial charge in [0.2, 0.25) is 0 Å². The molecule has 5 heteroatoms. The average Bonchev–Trinajstić information content (AvgIpc) is 2.70. The molecule has 1 aliphatic rings. The Kier molecular flexibility index (Phi) is 5.98. The monoisotopic (exact) mass is 342 g/mol. The van der Waals surface area contributed by atoms with Crippen LogP contribution in [-0.2, 0) is 0 Å². The summed E-state index contributed by atoms with van der Waals surface area (Å²) in [6.45, 7) is 3.59. The molecule has 110 valence electrons. The summed E-state index contributed by atoms with van der Waals surface area (Å²) < 4.78 is 14.3. The molecule has 20 heavy (non-hydrogen) atoms. The summed E-state index contributed by atoms with van der Waals surface area (Å²) in [6, 6.07) is 4.40. The van der Waals surface area contributed by atoms with Crippen LogP contribution < -0.4 is 5.32 Å². The van der Waals surface area contributed by atoms with Crippen molar-refractivity contribution in [2.75, 3.05) is 26.2 Å². The zero-order chi connectivity index (χ0) is 14.4. The lowest BCUT2D eigenvalue weighted by Gasteiger charge is -2.19. The number of likely N-dealkylation sites (tertiary alicyclic amines) is 1. The molecule has 1 saturated heterocycles. The van der Waals surface area contributed by atoms with Crippen LogP contribution in [0.3, 0.4) is 0 Å². The summed E-state index contributed by atoms with van der Waals surface area (Å²) in [7, 11) is 0. The first-order chi connectivity index (χ1) is 9.66. The van der Waals surface area contributed by atoms with Gasteiger partial charge in [-0.15, -0.1) is 0 Å². The van der Waals surface area contributed by atoms with E-state index in [0.717, 1.165) is 19.6 Å². The number of halogens is 2. The Balaban J connectivity index is 1.81. The molecule has 1 N–H and O–H groups in total. The second kappa shape index (κ2) is 7.74. The van der Waals surface area contributed by atoms with Gasteiger partial charge in [-0.05, 0) is 44.1 Å². The predicted octanol–water partition coefficient (Wildman–Crippen LogP) is 3.19. The van der Waals surface area contributed by atoms with Crippen molar-refractivity contribution < 1.29 is 9.18 Å². The van der Waals surface area contributed by atoms with Crippen molar-refractivity contribution in [3.63, 3.8) is 0 Å². The molecule has 1 heterocycles. The summed E-state index contributed by atoms with van der Waals surface area (Å²) >= 11 is 3.25. The van der Waals surface area contributed by atoms with Gasteiger partial charge in [0.1, 0.15) is 5.82 Å². The molecule has 1 fully saturated rings. The Labute approximate surface area is 127 Å². The van der Waals surface area contributed by atoms with Crippen LogP contribution in [-0.4, -0.2) is 37.0 Å². The summed E-state index contributed by atoms with van der Waals surface area (Å²) in [5, 5.41) is 2.79. The van der Waals surface area contributed by atoms with Crippen LogP contribution in [0.4, 0.5) is 4.39 Å². The number of amides is 1. The Morgan fingerprint density at radius 3 is 2.65 bits per heavy atom.